The number of rotatable bonds is 3. The molecule has 0 bridgehead atoms. The first kappa shape index (κ1) is 28.5. The fraction of sp³-hybridized carbons (Fsp3) is 0. The molecule has 0 saturated carbocycles. The molecule has 12 aromatic rings. The predicted octanol–water partition coefficient (Wildman–Crippen LogP) is 12.5. The summed E-state index contributed by atoms with van der Waals surface area (Å²) in [5.41, 5.74) is 10.1. The smallest absolute Gasteiger partial charge is 0.235 e. The summed E-state index contributed by atoms with van der Waals surface area (Å²) in [6.45, 7) is 0. The van der Waals surface area contributed by atoms with Crippen LogP contribution in [0.1, 0.15) is 0 Å². The molecule has 8 aromatic carbocycles. The Labute approximate surface area is 302 Å². The number of aromatic nitrogens is 4. The minimum Gasteiger partial charge on any atom is -0.456 e. The third-order valence-corrected chi connectivity index (χ3v) is 10.9. The monoisotopic (exact) mass is 676 g/mol. The third-order valence-electron chi connectivity index (χ3n) is 10.9. The number of hydrogen-bond donors (Lipinski definition) is 0. The summed E-state index contributed by atoms with van der Waals surface area (Å²) in [6, 6.07) is 60.0. The lowest BCUT2D eigenvalue weighted by atomic mass is 10.0. The van der Waals surface area contributed by atoms with Crippen LogP contribution in [0.3, 0.4) is 0 Å². The van der Waals surface area contributed by atoms with Crippen LogP contribution in [0.5, 0.6) is 0 Å². The van der Waals surface area contributed by atoms with Crippen LogP contribution in [-0.2, 0) is 0 Å². The highest BCUT2D eigenvalue weighted by atomic mass is 16.3. The number of benzene rings is 8. The zero-order valence-corrected chi connectivity index (χ0v) is 28.4. The van der Waals surface area contributed by atoms with Crippen LogP contribution in [0, 0.1) is 0 Å². The Bertz CT molecular complexity index is 3460. The molecule has 5 heteroatoms. The van der Waals surface area contributed by atoms with Crippen LogP contribution in [0.4, 0.5) is 0 Å². The highest BCUT2D eigenvalue weighted by molar-refractivity contribution is 6.30. The van der Waals surface area contributed by atoms with Gasteiger partial charge in [0.25, 0.3) is 0 Å². The Hall–Kier alpha value is -7.24. The molecule has 0 unspecified atom stereocenters. The van der Waals surface area contributed by atoms with Crippen LogP contribution in [0.15, 0.2) is 174 Å². The van der Waals surface area contributed by atoms with Gasteiger partial charge in [0.1, 0.15) is 11.2 Å². The van der Waals surface area contributed by atoms with Gasteiger partial charge >= 0.3 is 0 Å². The average molecular weight is 677 g/mol. The van der Waals surface area contributed by atoms with E-state index in [1.54, 1.807) is 0 Å². The van der Waals surface area contributed by atoms with E-state index in [2.05, 4.69) is 161 Å². The molecule has 0 aliphatic heterocycles. The van der Waals surface area contributed by atoms with Crippen molar-refractivity contribution in [3.8, 4) is 22.9 Å². The van der Waals surface area contributed by atoms with Gasteiger partial charge in [-0.25, -0.2) is 9.97 Å². The second-order valence-electron chi connectivity index (χ2n) is 13.8. The largest absolute Gasteiger partial charge is 0.456 e. The zero-order chi connectivity index (χ0) is 34.6. The summed E-state index contributed by atoms with van der Waals surface area (Å²) in [6.07, 6.45) is 0. The fourth-order valence-corrected chi connectivity index (χ4v) is 8.57. The van der Waals surface area contributed by atoms with Crippen molar-refractivity contribution in [2.45, 2.75) is 0 Å². The van der Waals surface area contributed by atoms with Gasteiger partial charge in [-0.15, -0.1) is 0 Å². The molecule has 0 fully saturated rings. The first-order chi connectivity index (χ1) is 26.3. The maximum Gasteiger partial charge on any atom is 0.235 e. The Balaban J connectivity index is 1.24. The van der Waals surface area contributed by atoms with Gasteiger partial charge in [-0.3, -0.25) is 4.57 Å². The molecule has 0 atom stereocenters. The molecule has 4 aromatic heterocycles. The third kappa shape index (κ3) is 4.02. The van der Waals surface area contributed by atoms with Crippen LogP contribution in [-0.4, -0.2) is 19.1 Å². The van der Waals surface area contributed by atoms with Crippen molar-refractivity contribution in [2.24, 2.45) is 0 Å². The lowest BCUT2D eigenvalue weighted by Gasteiger charge is -2.12. The quantitative estimate of drug-likeness (QED) is 0.187. The van der Waals surface area contributed by atoms with Crippen molar-refractivity contribution in [1.82, 2.24) is 19.1 Å². The summed E-state index contributed by atoms with van der Waals surface area (Å²) in [5.74, 6) is 0.648. The summed E-state index contributed by atoms with van der Waals surface area (Å²) in [7, 11) is 0. The molecule has 0 spiro atoms. The Morgan fingerprint density at radius 3 is 1.98 bits per heavy atom. The minimum atomic E-state index is 0.648. The first-order valence-corrected chi connectivity index (χ1v) is 17.9. The van der Waals surface area contributed by atoms with E-state index >= 15 is 0 Å². The minimum absolute atomic E-state index is 0.648. The molecule has 12 rings (SSSR count). The van der Waals surface area contributed by atoms with Crippen LogP contribution >= 0.6 is 0 Å². The summed E-state index contributed by atoms with van der Waals surface area (Å²) < 4.78 is 11.1. The van der Waals surface area contributed by atoms with Gasteiger partial charge in [-0.1, -0.05) is 115 Å². The molecular weight excluding hydrogens is 649 g/mol. The van der Waals surface area contributed by atoms with Gasteiger partial charge in [-0.2, -0.15) is 0 Å². The number of nitrogens with zero attached hydrogens (tertiary/aromatic N) is 4. The van der Waals surface area contributed by atoms with E-state index in [0.717, 1.165) is 77.2 Å². The number of fused-ring (bicyclic) bond motifs is 12. The number of para-hydroxylation sites is 3. The standard InChI is InChI=1S/C48H28N4O/c1-2-13-30(14-3-1)47-34-17-6-9-19-38(34)49-48(50-47)52-39-20-10-7-18-35(39)45-41(52)25-24-40-46(45)37-27-36-33-16-8-11-21-43(33)53-44(36)28-42(37)51(40)32-23-22-29-12-4-5-15-31(29)26-32/h1-28H. The Morgan fingerprint density at radius 1 is 0.396 bits per heavy atom. The molecule has 53 heavy (non-hydrogen) atoms. The SMILES string of the molecule is c1ccc(-c2nc(-n3c4ccccc4c4c5c6cc7c(cc6n(-c6ccc8ccccc8c6)c5ccc43)oc3ccccc37)nc3ccccc23)cc1. The van der Waals surface area contributed by atoms with Gasteiger partial charge in [0.15, 0.2) is 0 Å². The van der Waals surface area contributed by atoms with Crippen molar-refractivity contribution < 1.29 is 4.42 Å². The van der Waals surface area contributed by atoms with E-state index in [9.17, 15) is 0 Å². The normalized spacial score (nSPS) is 12.2. The van der Waals surface area contributed by atoms with Crippen LogP contribution in [0.25, 0.3) is 110 Å². The van der Waals surface area contributed by atoms with E-state index < -0.39 is 0 Å². The first-order valence-electron chi connectivity index (χ1n) is 17.9. The van der Waals surface area contributed by atoms with Gasteiger partial charge in [-0.05, 0) is 59.3 Å². The van der Waals surface area contributed by atoms with Crippen molar-refractivity contribution in [3.63, 3.8) is 0 Å². The fourth-order valence-electron chi connectivity index (χ4n) is 8.57. The summed E-state index contributed by atoms with van der Waals surface area (Å²) in [5, 5.41) is 10.4. The molecule has 4 heterocycles. The van der Waals surface area contributed by atoms with Crippen molar-refractivity contribution >= 4 is 87.2 Å². The topological polar surface area (TPSA) is 48.8 Å². The van der Waals surface area contributed by atoms with Gasteiger partial charge < -0.3 is 8.98 Å². The van der Waals surface area contributed by atoms with E-state index in [4.69, 9.17) is 14.4 Å². The van der Waals surface area contributed by atoms with Crippen LogP contribution in [0.2, 0.25) is 0 Å². The van der Waals surface area contributed by atoms with E-state index in [1.807, 2.05) is 18.2 Å². The van der Waals surface area contributed by atoms with Crippen molar-refractivity contribution in [2.75, 3.05) is 0 Å². The molecule has 0 saturated heterocycles. The van der Waals surface area contributed by atoms with E-state index in [0.29, 0.717) is 5.95 Å². The average Bonchev–Trinajstić information content (AvgIpc) is 3.86. The van der Waals surface area contributed by atoms with Gasteiger partial charge in [0, 0.05) is 55.0 Å². The number of hydrogen-bond acceptors (Lipinski definition) is 3. The molecule has 246 valence electrons. The molecule has 0 amide bonds. The second kappa shape index (κ2) is 10.6. The maximum atomic E-state index is 6.49. The second-order valence-corrected chi connectivity index (χ2v) is 13.8. The molecule has 0 aliphatic rings. The molecule has 0 N–H and O–H groups in total. The van der Waals surface area contributed by atoms with Crippen molar-refractivity contribution in [1.29, 1.82) is 0 Å². The lowest BCUT2D eigenvalue weighted by molar-refractivity contribution is 0.669. The van der Waals surface area contributed by atoms with Crippen LogP contribution < -0.4 is 0 Å². The van der Waals surface area contributed by atoms with E-state index in [-0.39, 0.29) is 0 Å². The highest BCUT2D eigenvalue weighted by Crippen LogP contribution is 2.44. The number of furan rings is 1. The summed E-state index contributed by atoms with van der Waals surface area (Å²) >= 11 is 0. The lowest BCUT2D eigenvalue weighted by Crippen LogP contribution is -2.03. The predicted molar refractivity (Wildman–Crippen MR) is 218 cm³/mol. The summed E-state index contributed by atoms with van der Waals surface area (Å²) in [4.78, 5) is 10.6. The maximum absolute atomic E-state index is 6.49. The molecule has 0 aliphatic carbocycles. The molecule has 5 nitrogen and oxygen atoms in total. The van der Waals surface area contributed by atoms with Gasteiger partial charge in [0.05, 0.1) is 33.3 Å². The highest BCUT2D eigenvalue weighted by Gasteiger charge is 2.23. The van der Waals surface area contributed by atoms with Crippen molar-refractivity contribution in [3.05, 3.63) is 170 Å². The zero-order valence-electron chi connectivity index (χ0n) is 28.4. The Kier molecular flexibility index (Phi) is 5.71. The van der Waals surface area contributed by atoms with E-state index in [1.165, 1.54) is 26.9 Å². The van der Waals surface area contributed by atoms with Gasteiger partial charge in [0.2, 0.25) is 5.95 Å². The Morgan fingerprint density at radius 2 is 1.09 bits per heavy atom. The molecular formula is C48H28N4O. The molecule has 0 radical (unpaired) electrons.